The summed E-state index contributed by atoms with van der Waals surface area (Å²) in [5.41, 5.74) is 0.759. The van der Waals surface area contributed by atoms with E-state index in [1.165, 1.54) is 16.7 Å². The Morgan fingerprint density at radius 2 is 2.08 bits per heavy atom. The zero-order chi connectivity index (χ0) is 17.3. The molecule has 1 aromatic heterocycles. The van der Waals surface area contributed by atoms with Crippen molar-refractivity contribution in [2.75, 3.05) is 14.2 Å². The van der Waals surface area contributed by atoms with Crippen LogP contribution in [0.3, 0.4) is 0 Å². The normalized spacial score (nSPS) is 18.0. The molecule has 0 atom stereocenters. The number of ether oxygens (including phenoxy) is 1. The number of hydrogen-bond donors (Lipinski definition) is 0. The van der Waals surface area contributed by atoms with Gasteiger partial charge in [-0.1, -0.05) is 0 Å². The van der Waals surface area contributed by atoms with Crippen molar-refractivity contribution in [3.63, 3.8) is 0 Å². The second kappa shape index (κ2) is 7.32. The van der Waals surface area contributed by atoms with Crippen molar-refractivity contribution >= 4 is 73.1 Å². The van der Waals surface area contributed by atoms with Crippen LogP contribution in [0.15, 0.2) is 49.1 Å². The lowest BCUT2D eigenvalue weighted by Crippen LogP contribution is -2.23. The first kappa shape index (κ1) is 17.6. The summed E-state index contributed by atoms with van der Waals surface area (Å²) in [4.78, 5) is 19.0. The molecule has 2 aromatic rings. The second-order valence-electron chi connectivity index (χ2n) is 4.84. The number of carbonyl (C=O) groups excluding carboxylic acids is 1. The Hall–Kier alpha value is -1.26. The van der Waals surface area contributed by atoms with Gasteiger partial charge in [-0.2, -0.15) is 0 Å². The maximum atomic E-state index is 12.4. The number of methoxy groups -OCH3 is 1. The van der Waals surface area contributed by atoms with Crippen LogP contribution in [-0.2, 0) is 4.79 Å². The third kappa shape index (κ3) is 3.70. The topological polar surface area (TPSA) is 55.0 Å². The molecule has 1 fully saturated rings. The summed E-state index contributed by atoms with van der Waals surface area (Å²) in [6.07, 6.45) is 1.73. The van der Waals surface area contributed by atoms with Crippen LogP contribution in [-0.4, -0.2) is 30.1 Å². The number of aliphatic imine (C=N–C) groups is 1. The fourth-order valence-corrected chi connectivity index (χ4v) is 3.67. The number of rotatable bonds is 3. The first-order chi connectivity index (χ1) is 11.5. The Balaban J connectivity index is 1.86. The van der Waals surface area contributed by atoms with Crippen LogP contribution >= 0.6 is 50.3 Å². The fraction of sp³-hybridized carbons (Fsp3) is 0.125. The van der Waals surface area contributed by atoms with Gasteiger partial charge >= 0.3 is 0 Å². The van der Waals surface area contributed by atoms with Crippen LogP contribution in [0.2, 0.25) is 0 Å². The molecule has 0 spiro atoms. The summed E-state index contributed by atoms with van der Waals surface area (Å²) in [6, 6.07) is 9.19. The molecule has 0 aliphatic carbocycles. The quantitative estimate of drug-likeness (QED) is 0.429. The smallest absolute Gasteiger partial charge is 0.266 e. The Labute approximate surface area is 165 Å². The van der Waals surface area contributed by atoms with Gasteiger partial charge in [-0.25, -0.2) is 4.99 Å². The third-order valence-corrected chi connectivity index (χ3v) is 6.43. The van der Waals surface area contributed by atoms with Gasteiger partial charge in [0.15, 0.2) is 8.93 Å². The van der Waals surface area contributed by atoms with Gasteiger partial charge in [0.05, 0.1) is 22.2 Å². The van der Waals surface area contributed by atoms with E-state index in [4.69, 9.17) is 9.15 Å². The average molecular weight is 519 g/mol. The number of amides is 1. The van der Waals surface area contributed by atoms with Crippen LogP contribution < -0.4 is 4.74 Å². The Morgan fingerprint density at radius 3 is 2.67 bits per heavy atom. The van der Waals surface area contributed by atoms with E-state index in [2.05, 4.69) is 43.5 Å². The van der Waals surface area contributed by atoms with Crippen molar-refractivity contribution in [3.8, 4) is 5.75 Å². The number of likely N-dealkylation sites (N-methyl/N-ethyl adjacent to an activating group) is 1. The van der Waals surface area contributed by atoms with E-state index < -0.39 is 0 Å². The minimum atomic E-state index is -0.102. The molecular weight excluding hydrogens is 507 g/mol. The molecule has 0 unspecified atom stereocenters. The lowest BCUT2D eigenvalue weighted by atomic mass is 10.3. The van der Waals surface area contributed by atoms with Gasteiger partial charge in [0.2, 0.25) is 0 Å². The first-order valence-electron chi connectivity index (χ1n) is 6.83. The number of furan rings is 1. The van der Waals surface area contributed by atoms with E-state index >= 15 is 0 Å². The monoisotopic (exact) mass is 518 g/mol. The summed E-state index contributed by atoms with van der Waals surface area (Å²) in [7, 11) is 3.33. The SMILES string of the molecule is COc1ccc(N=C2SC(=Cc3cc(Br)c(I)o3)C(=O)N2C)cc1. The van der Waals surface area contributed by atoms with Crippen LogP contribution in [0.1, 0.15) is 5.76 Å². The van der Waals surface area contributed by atoms with Crippen molar-refractivity contribution in [1.82, 2.24) is 4.90 Å². The number of hydrogen-bond acceptors (Lipinski definition) is 5. The standard InChI is InChI=1S/C16H12BrIN2O3S/c1-20-15(21)13(8-11-7-12(17)14(18)23-11)24-16(20)19-9-3-5-10(22-2)6-4-9/h3-8H,1-2H3. The van der Waals surface area contributed by atoms with Gasteiger partial charge in [0, 0.05) is 35.7 Å². The van der Waals surface area contributed by atoms with Crippen molar-refractivity contribution in [3.05, 3.63) is 49.2 Å². The molecule has 8 heteroatoms. The maximum Gasteiger partial charge on any atom is 0.266 e. The second-order valence-corrected chi connectivity index (χ2v) is 7.68. The van der Waals surface area contributed by atoms with E-state index in [9.17, 15) is 4.79 Å². The van der Waals surface area contributed by atoms with Crippen molar-refractivity contribution in [2.45, 2.75) is 0 Å². The highest BCUT2D eigenvalue weighted by Gasteiger charge is 2.30. The number of amidine groups is 1. The molecule has 1 aliphatic heterocycles. The zero-order valence-electron chi connectivity index (χ0n) is 12.7. The van der Waals surface area contributed by atoms with Gasteiger partial charge in [-0.3, -0.25) is 9.69 Å². The maximum absolute atomic E-state index is 12.4. The van der Waals surface area contributed by atoms with Gasteiger partial charge in [0.25, 0.3) is 5.91 Å². The van der Waals surface area contributed by atoms with E-state index in [0.717, 1.165) is 19.7 Å². The molecule has 1 aromatic carbocycles. The summed E-state index contributed by atoms with van der Waals surface area (Å²) in [5, 5.41) is 0.622. The first-order valence-corrected chi connectivity index (χ1v) is 9.52. The summed E-state index contributed by atoms with van der Waals surface area (Å²) >= 11 is 6.80. The van der Waals surface area contributed by atoms with Crippen LogP contribution in [0.4, 0.5) is 5.69 Å². The number of nitrogens with zero attached hydrogens (tertiary/aromatic N) is 2. The Bertz CT molecular complexity index is 826. The largest absolute Gasteiger partial charge is 0.497 e. The van der Waals surface area contributed by atoms with E-state index in [0.29, 0.717) is 15.8 Å². The molecule has 2 heterocycles. The van der Waals surface area contributed by atoms with E-state index in [1.54, 1.807) is 20.2 Å². The number of thioether (sulfide) groups is 1. The lowest BCUT2D eigenvalue weighted by molar-refractivity contribution is -0.121. The highest BCUT2D eigenvalue weighted by molar-refractivity contribution is 14.1. The van der Waals surface area contributed by atoms with Crippen LogP contribution in [0.25, 0.3) is 6.08 Å². The Morgan fingerprint density at radius 1 is 1.38 bits per heavy atom. The highest BCUT2D eigenvalue weighted by atomic mass is 127. The molecule has 1 aliphatic rings. The van der Waals surface area contributed by atoms with Gasteiger partial charge in [0.1, 0.15) is 11.5 Å². The fourth-order valence-electron chi connectivity index (χ4n) is 1.98. The van der Waals surface area contributed by atoms with Crippen molar-refractivity contribution in [1.29, 1.82) is 0 Å². The van der Waals surface area contributed by atoms with Crippen molar-refractivity contribution < 1.29 is 13.9 Å². The number of carbonyl (C=O) groups is 1. The average Bonchev–Trinajstić information content (AvgIpc) is 3.02. The molecule has 124 valence electrons. The zero-order valence-corrected chi connectivity index (χ0v) is 17.3. The molecule has 0 radical (unpaired) electrons. The summed E-state index contributed by atoms with van der Waals surface area (Å²) < 4.78 is 12.3. The van der Waals surface area contributed by atoms with Gasteiger partial charge in [-0.05, 0) is 58.0 Å². The van der Waals surface area contributed by atoms with Crippen molar-refractivity contribution in [2.24, 2.45) is 4.99 Å². The molecule has 0 bridgehead atoms. The van der Waals surface area contributed by atoms with Crippen LogP contribution in [0.5, 0.6) is 5.75 Å². The van der Waals surface area contributed by atoms with E-state index in [-0.39, 0.29) is 5.91 Å². The Kier molecular flexibility index (Phi) is 5.36. The molecule has 0 saturated carbocycles. The molecule has 24 heavy (non-hydrogen) atoms. The predicted molar refractivity (Wildman–Crippen MR) is 108 cm³/mol. The molecule has 5 nitrogen and oxygen atoms in total. The lowest BCUT2D eigenvalue weighted by Gasteiger charge is -2.07. The van der Waals surface area contributed by atoms with Gasteiger partial charge < -0.3 is 9.15 Å². The summed E-state index contributed by atoms with van der Waals surface area (Å²) in [5.74, 6) is 1.29. The third-order valence-electron chi connectivity index (χ3n) is 3.24. The number of benzene rings is 1. The molecule has 0 N–H and O–H groups in total. The summed E-state index contributed by atoms with van der Waals surface area (Å²) in [6.45, 7) is 0. The molecular formula is C16H12BrIN2O3S. The highest BCUT2D eigenvalue weighted by Crippen LogP contribution is 2.34. The van der Waals surface area contributed by atoms with E-state index in [1.807, 2.05) is 30.3 Å². The van der Waals surface area contributed by atoms with Crippen LogP contribution in [0, 0.1) is 3.77 Å². The number of halogens is 2. The molecule has 3 rings (SSSR count). The van der Waals surface area contributed by atoms with Gasteiger partial charge in [-0.15, -0.1) is 0 Å². The molecule has 1 amide bonds. The molecule has 1 saturated heterocycles. The predicted octanol–water partition coefficient (Wildman–Crippen LogP) is 4.89. The minimum absolute atomic E-state index is 0.102. The minimum Gasteiger partial charge on any atom is -0.497 e.